The van der Waals surface area contributed by atoms with Crippen molar-refractivity contribution in [3.63, 3.8) is 0 Å². The van der Waals surface area contributed by atoms with E-state index in [4.69, 9.17) is 4.74 Å². The molecule has 0 aliphatic heterocycles. The van der Waals surface area contributed by atoms with Crippen LogP contribution in [0, 0.1) is 13.8 Å². The number of aryl methyl sites for hydroxylation is 2. The molecule has 0 N–H and O–H groups in total. The van der Waals surface area contributed by atoms with Crippen molar-refractivity contribution in [3.8, 4) is 17.3 Å². The molecule has 0 spiro atoms. The maximum atomic E-state index is 5.05. The van der Waals surface area contributed by atoms with Crippen LogP contribution in [0.3, 0.4) is 0 Å². The Kier molecular flexibility index (Phi) is 2.76. The first-order valence-electron chi connectivity index (χ1n) is 4.87. The molecule has 82 valence electrons. The standard InChI is InChI=1S/C11H12N4O/c1-7-4-12-5-9(14-7)10-6-13-11(16-3)8(2)15-10/h4-6H,1-3H3. The normalized spacial score (nSPS) is 10.2. The molecule has 0 amide bonds. The van der Waals surface area contributed by atoms with Crippen LogP contribution in [0.25, 0.3) is 11.4 Å². The Bertz CT molecular complexity index is 513. The van der Waals surface area contributed by atoms with E-state index >= 15 is 0 Å². The minimum absolute atomic E-state index is 0.532. The minimum Gasteiger partial charge on any atom is -0.480 e. The zero-order chi connectivity index (χ0) is 11.5. The summed E-state index contributed by atoms with van der Waals surface area (Å²) in [6, 6.07) is 0. The van der Waals surface area contributed by atoms with Crippen LogP contribution in [0.4, 0.5) is 0 Å². The lowest BCUT2D eigenvalue weighted by atomic mass is 10.3. The van der Waals surface area contributed by atoms with Gasteiger partial charge in [0.05, 0.1) is 25.2 Å². The van der Waals surface area contributed by atoms with E-state index in [2.05, 4.69) is 19.9 Å². The van der Waals surface area contributed by atoms with Gasteiger partial charge in [0.2, 0.25) is 5.88 Å². The molecule has 5 nitrogen and oxygen atoms in total. The quantitative estimate of drug-likeness (QED) is 0.762. The van der Waals surface area contributed by atoms with Gasteiger partial charge in [-0.25, -0.2) is 15.0 Å². The second-order valence-electron chi connectivity index (χ2n) is 3.40. The average molecular weight is 216 g/mol. The highest BCUT2D eigenvalue weighted by atomic mass is 16.5. The molecule has 0 saturated heterocycles. The van der Waals surface area contributed by atoms with Gasteiger partial charge in [0.15, 0.2) is 0 Å². The molecular weight excluding hydrogens is 204 g/mol. The Labute approximate surface area is 93.6 Å². The molecule has 2 aromatic heterocycles. The first kappa shape index (κ1) is 10.5. The van der Waals surface area contributed by atoms with Gasteiger partial charge in [-0.2, -0.15) is 0 Å². The molecule has 0 unspecified atom stereocenters. The SMILES string of the molecule is COc1ncc(-c2cncc(C)n2)nc1C. The van der Waals surface area contributed by atoms with Crippen LogP contribution in [-0.4, -0.2) is 27.0 Å². The van der Waals surface area contributed by atoms with E-state index in [1.54, 1.807) is 25.7 Å². The monoisotopic (exact) mass is 216 g/mol. The molecule has 2 rings (SSSR count). The summed E-state index contributed by atoms with van der Waals surface area (Å²) in [4.78, 5) is 16.9. The number of hydrogen-bond acceptors (Lipinski definition) is 5. The molecule has 5 heteroatoms. The van der Waals surface area contributed by atoms with Crippen molar-refractivity contribution in [1.82, 2.24) is 19.9 Å². The lowest BCUT2D eigenvalue weighted by Crippen LogP contribution is -1.98. The van der Waals surface area contributed by atoms with Gasteiger partial charge in [0.1, 0.15) is 17.1 Å². The van der Waals surface area contributed by atoms with Crippen LogP contribution >= 0.6 is 0 Å². The number of methoxy groups -OCH3 is 1. The van der Waals surface area contributed by atoms with Gasteiger partial charge in [-0.1, -0.05) is 0 Å². The average Bonchev–Trinajstić information content (AvgIpc) is 2.29. The van der Waals surface area contributed by atoms with Crippen molar-refractivity contribution in [2.24, 2.45) is 0 Å². The predicted octanol–water partition coefficient (Wildman–Crippen LogP) is 1.56. The summed E-state index contributed by atoms with van der Waals surface area (Å²) in [5.41, 5.74) is 3.02. The van der Waals surface area contributed by atoms with Crippen molar-refractivity contribution < 1.29 is 4.74 Å². The molecule has 16 heavy (non-hydrogen) atoms. The fourth-order valence-corrected chi connectivity index (χ4v) is 1.38. The zero-order valence-corrected chi connectivity index (χ0v) is 9.43. The molecule has 2 aromatic rings. The summed E-state index contributed by atoms with van der Waals surface area (Å²) < 4.78 is 5.05. The van der Waals surface area contributed by atoms with E-state index in [9.17, 15) is 0 Å². The van der Waals surface area contributed by atoms with Crippen molar-refractivity contribution in [2.45, 2.75) is 13.8 Å². The van der Waals surface area contributed by atoms with Crippen LogP contribution in [0.2, 0.25) is 0 Å². The van der Waals surface area contributed by atoms with Crippen molar-refractivity contribution >= 4 is 0 Å². The molecule has 0 radical (unpaired) electrons. The van der Waals surface area contributed by atoms with Gasteiger partial charge in [-0.3, -0.25) is 4.98 Å². The zero-order valence-electron chi connectivity index (χ0n) is 9.43. The van der Waals surface area contributed by atoms with Crippen LogP contribution in [0.1, 0.15) is 11.4 Å². The Hall–Kier alpha value is -2.04. The summed E-state index contributed by atoms with van der Waals surface area (Å²) in [5.74, 6) is 0.532. The van der Waals surface area contributed by atoms with Crippen LogP contribution < -0.4 is 4.74 Å². The second-order valence-corrected chi connectivity index (χ2v) is 3.40. The van der Waals surface area contributed by atoms with Crippen molar-refractivity contribution in [1.29, 1.82) is 0 Å². The third kappa shape index (κ3) is 1.98. The molecule has 0 atom stereocenters. The Morgan fingerprint density at radius 2 is 1.75 bits per heavy atom. The fourth-order valence-electron chi connectivity index (χ4n) is 1.38. The minimum atomic E-state index is 0.532. The van der Waals surface area contributed by atoms with Crippen molar-refractivity contribution in [2.75, 3.05) is 7.11 Å². The Morgan fingerprint density at radius 3 is 2.38 bits per heavy atom. The van der Waals surface area contributed by atoms with E-state index in [1.165, 1.54) is 0 Å². The maximum Gasteiger partial charge on any atom is 0.235 e. The lowest BCUT2D eigenvalue weighted by molar-refractivity contribution is 0.392. The lowest BCUT2D eigenvalue weighted by Gasteiger charge is -2.04. The molecule has 0 fully saturated rings. The predicted molar refractivity (Wildman–Crippen MR) is 59.1 cm³/mol. The van der Waals surface area contributed by atoms with Crippen LogP contribution in [-0.2, 0) is 0 Å². The number of ether oxygens (including phenoxy) is 1. The van der Waals surface area contributed by atoms with E-state index in [-0.39, 0.29) is 0 Å². The van der Waals surface area contributed by atoms with Gasteiger partial charge < -0.3 is 4.74 Å². The Morgan fingerprint density at radius 1 is 1.00 bits per heavy atom. The number of aromatic nitrogens is 4. The summed E-state index contributed by atoms with van der Waals surface area (Å²) in [5, 5.41) is 0. The largest absolute Gasteiger partial charge is 0.480 e. The van der Waals surface area contributed by atoms with Gasteiger partial charge in [0, 0.05) is 6.20 Å². The highest BCUT2D eigenvalue weighted by Gasteiger charge is 2.06. The van der Waals surface area contributed by atoms with E-state index < -0.39 is 0 Å². The summed E-state index contributed by atoms with van der Waals surface area (Å²) in [6.07, 6.45) is 5.01. The molecule has 2 heterocycles. The topological polar surface area (TPSA) is 60.8 Å². The molecule has 0 aliphatic carbocycles. The van der Waals surface area contributed by atoms with Gasteiger partial charge >= 0.3 is 0 Å². The van der Waals surface area contributed by atoms with Gasteiger partial charge in [0.25, 0.3) is 0 Å². The third-order valence-electron chi connectivity index (χ3n) is 2.11. The van der Waals surface area contributed by atoms with Crippen LogP contribution in [0.15, 0.2) is 18.6 Å². The number of rotatable bonds is 2. The van der Waals surface area contributed by atoms with E-state index in [1.807, 2.05) is 13.8 Å². The third-order valence-corrected chi connectivity index (χ3v) is 2.11. The van der Waals surface area contributed by atoms with Gasteiger partial charge in [-0.05, 0) is 13.8 Å². The Balaban J connectivity index is 2.45. The van der Waals surface area contributed by atoms with Crippen molar-refractivity contribution in [3.05, 3.63) is 30.0 Å². The molecule has 0 aromatic carbocycles. The smallest absolute Gasteiger partial charge is 0.235 e. The first-order valence-corrected chi connectivity index (χ1v) is 4.87. The summed E-state index contributed by atoms with van der Waals surface area (Å²) >= 11 is 0. The summed E-state index contributed by atoms with van der Waals surface area (Å²) in [6.45, 7) is 3.73. The molecule has 0 saturated carbocycles. The molecule has 0 aliphatic rings. The second kappa shape index (κ2) is 4.22. The highest BCUT2D eigenvalue weighted by Crippen LogP contribution is 2.17. The first-order chi connectivity index (χ1) is 7.70. The maximum absolute atomic E-state index is 5.05. The molecule has 0 bridgehead atoms. The van der Waals surface area contributed by atoms with E-state index in [0.717, 1.165) is 17.1 Å². The number of nitrogens with zero attached hydrogens (tertiary/aromatic N) is 4. The fraction of sp³-hybridized carbons (Fsp3) is 0.273. The summed E-state index contributed by atoms with van der Waals surface area (Å²) in [7, 11) is 1.57. The van der Waals surface area contributed by atoms with Crippen LogP contribution in [0.5, 0.6) is 5.88 Å². The number of hydrogen-bond donors (Lipinski definition) is 0. The molecular formula is C11H12N4O. The van der Waals surface area contributed by atoms with E-state index in [0.29, 0.717) is 11.6 Å². The highest BCUT2D eigenvalue weighted by molar-refractivity contribution is 5.52. The van der Waals surface area contributed by atoms with Gasteiger partial charge in [-0.15, -0.1) is 0 Å².